The Labute approximate surface area is 149 Å². The summed E-state index contributed by atoms with van der Waals surface area (Å²) in [6, 6.07) is 0. The molecule has 0 spiro atoms. The van der Waals surface area contributed by atoms with Gasteiger partial charge in [-0.2, -0.15) is 0 Å². The lowest BCUT2D eigenvalue weighted by molar-refractivity contribution is -0.137. The molecule has 1 amide bonds. The number of hydrogen-bond acceptors (Lipinski definition) is 2. The number of unbranched alkanes of at least 4 members (excludes halogenated alkanes) is 7. The van der Waals surface area contributed by atoms with Gasteiger partial charge in [-0.15, -0.1) is 0 Å². The molecule has 1 atom stereocenters. The molecule has 0 aromatic heterocycles. The number of carbonyl (C=O) groups is 2. The van der Waals surface area contributed by atoms with E-state index < -0.39 is 14.0 Å². The van der Waals surface area contributed by atoms with Gasteiger partial charge in [0.15, 0.2) is 0 Å². The number of carbonyl (C=O) groups excluding carboxylic acids is 1. The van der Waals surface area contributed by atoms with Crippen LogP contribution < -0.4 is 5.32 Å². The smallest absolute Gasteiger partial charge is 0.303 e. The van der Waals surface area contributed by atoms with E-state index in [9.17, 15) is 14.7 Å². The largest absolute Gasteiger partial charge is 0.481 e. The van der Waals surface area contributed by atoms with Crippen LogP contribution in [0.25, 0.3) is 0 Å². The SMILES string of the molecule is C=C(C)C(=O)NCCCCCCCCCCC(C(=O)O)[Si](C)(C)C. The summed E-state index contributed by atoms with van der Waals surface area (Å²) in [5.41, 5.74) is 0.459. The molecule has 0 aliphatic carbocycles. The summed E-state index contributed by atoms with van der Waals surface area (Å²) in [5.74, 6) is -0.652. The highest BCUT2D eigenvalue weighted by Crippen LogP contribution is 2.28. The molecule has 24 heavy (non-hydrogen) atoms. The predicted octanol–water partition coefficient (Wildman–Crippen LogP) is 4.98. The van der Waals surface area contributed by atoms with E-state index >= 15 is 0 Å². The van der Waals surface area contributed by atoms with Gasteiger partial charge in [-0.25, -0.2) is 0 Å². The molecular weight excluding hydrogens is 318 g/mol. The number of aliphatic carboxylic acids is 1. The zero-order valence-corrected chi connectivity index (χ0v) is 17.1. The Morgan fingerprint density at radius 1 is 0.958 bits per heavy atom. The first-order chi connectivity index (χ1) is 11.2. The molecule has 0 rings (SSSR count). The summed E-state index contributed by atoms with van der Waals surface area (Å²) in [5, 5.41) is 12.2. The van der Waals surface area contributed by atoms with Crippen LogP contribution in [-0.4, -0.2) is 31.6 Å². The average Bonchev–Trinajstić information content (AvgIpc) is 2.46. The van der Waals surface area contributed by atoms with E-state index in [1.807, 2.05) is 0 Å². The summed E-state index contributed by atoms with van der Waals surface area (Å²) in [6.45, 7) is 12.5. The second kappa shape index (κ2) is 12.3. The first-order valence-corrected chi connectivity index (χ1v) is 12.9. The second-order valence-corrected chi connectivity index (χ2v) is 13.3. The van der Waals surface area contributed by atoms with Crippen molar-refractivity contribution in [2.75, 3.05) is 6.54 Å². The number of carboxylic acids is 1. The molecule has 0 fully saturated rings. The molecular formula is C19H37NO3Si. The molecule has 0 aromatic carbocycles. The van der Waals surface area contributed by atoms with Gasteiger partial charge in [0.25, 0.3) is 0 Å². The van der Waals surface area contributed by atoms with Crippen molar-refractivity contribution in [3.8, 4) is 0 Å². The number of nitrogens with one attached hydrogen (secondary N) is 1. The normalized spacial score (nSPS) is 12.7. The fourth-order valence-corrected chi connectivity index (χ4v) is 4.62. The second-order valence-electron chi connectivity index (χ2n) is 7.91. The number of rotatable bonds is 14. The molecule has 1 unspecified atom stereocenters. The third-order valence-electron chi connectivity index (χ3n) is 4.44. The van der Waals surface area contributed by atoms with Crippen LogP contribution in [0, 0.1) is 0 Å². The van der Waals surface area contributed by atoms with Gasteiger partial charge in [0.2, 0.25) is 5.91 Å². The van der Waals surface area contributed by atoms with E-state index in [1.165, 1.54) is 25.7 Å². The standard InChI is InChI=1S/C19H37NO3Si/c1-16(2)18(21)20-15-13-11-9-7-6-8-10-12-14-17(19(22)23)24(3,4)5/h17H,1,6-15H2,2-5H3,(H,20,21)(H,22,23). The molecule has 0 saturated heterocycles. The molecule has 0 bridgehead atoms. The van der Waals surface area contributed by atoms with Gasteiger partial charge in [0.05, 0.1) is 13.6 Å². The van der Waals surface area contributed by atoms with E-state index in [-0.39, 0.29) is 11.4 Å². The van der Waals surface area contributed by atoms with E-state index in [4.69, 9.17) is 0 Å². The average molecular weight is 356 g/mol. The minimum atomic E-state index is -1.59. The molecule has 2 N–H and O–H groups in total. The summed E-state index contributed by atoms with van der Waals surface area (Å²) >= 11 is 0. The Morgan fingerprint density at radius 2 is 1.42 bits per heavy atom. The van der Waals surface area contributed by atoms with Crippen molar-refractivity contribution < 1.29 is 14.7 Å². The van der Waals surface area contributed by atoms with Crippen LogP contribution in [0.2, 0.25) is 25.2 Å². The maximum atomic E-state index is 11.3. The predicted molar refractivity (Wildman–Crippen MR) is 104 cm³/mol. The molecule has 5 heteroatoms. The lowest BCUT2D eigenvalue weighted by Gasteiger charge is -2.24. The number of hydrogen-bond donors (Lipinski definition) is 2. The fraction of sp³-hybridized carbons (Fsp3) is 0.789. The molecule has 4 nitrogen and oxygen atoms in total. The molecule has 0 aliphatic heterocycles. The van der Waals surface area contributed by atoms with Crippen molar-refractivity contribution in [2.45, 2.75) is 89.9 Å². The highest BCUT2D eigenvalue weighted by molar-refractivity contribution is 6.80. The highest BCUT2D eigenvalue weighted by atomic mass is 28.3. The van der Waals surface area contributed by atoms with Crippen LogP contribution in [0.3, 0.4) is 0 Å². The Kier molecular flexibility index (Phi) is 11.7. The maximum Gasteiger partial charge on any atom is 0.303 e. The molecule has 0 aromatic rings. The van der Waals surface area contributed by atoms with Crippen LogP contribution in [-0.2, 0) is 9.59 Å². The topological polar surface area (TPSA) is 66.4 Å². The van der Waals surface area contributed by atoms with Crippen molar-refractivity contribution in [1.29, 1.82) is 0 Å². The van der Waals surface area contributed by atoms with Gasteiger partial charge in [-0.05, 0) is 19.8 Å². The van der Waals surface area contributed by atoms with Gasteiger partial charge >= 0.3 is 5.97 Å². The lowest BCUT2D eigenvalue weighted by Crippen LogP contribution is -2.33. The first-order valence-electron chi connectivity index (χ1n) is 9.32. The summed E-state index contributed by atoms with van der Waals surface area (Å²) < 4.78 is 0. The molecule has 0 radical (unpaired) electrons. The number of amides is 1. The fourth-order valence-electron chi connectivity index (χ4n) is 2.81. The third-order valence-corrected chi connectivity index (χ3v) is 7.06. The Bertz CT molecular complexity index is 402. The van der Waals surface area contributed by atoms with Gasteiger partial charge in [0.1, 0.15) is 0 Å². The van der Waals surface area contributed by atoms with Crippen LogP contribution in [0.15, 0.2) is 12.2 Å². The Morgan fingerprint density at radius 3 is 1.83 bits per heavy atom. The Balaban J connectivity index is 3.50. The number of carboxylic acid groups (broad SMARTS) is 1. The van der Waals surface area contributed by atoms with Crippen LogP contribution in [0.5, 0.6) is 0 Å². The lowest BCUT2D eigenvalue weighted by atomic mass is 10.1. The van der Waals surface area contributed by atoms with Crippen molar-refractivity contribution in [3.63, 3.8) is 0 Å². The Hall–Kier alpha value is -1.10. The summed E-state index contributed by atoms with van der Waals surface area (Å²) in [7, 11) is -1.59. The zero-order chi connectivity index (χ0) is 18.6. The highest BCUT2D eigenvalue weighted by Gasteiger charge is 2.31. The molecule has 140 valence electrons. The first kappa shape index (κ1) is 22.9. The van der Waals surface area contributed by atoms with E-state index in [2.05, 4.69) is 31.5 Å². The van der Waals surface area contributed by atoms with Gasteiger partial charge in [-0.3, -0.25) is 9.59 Å². The molecule has 0 aliphatic rings. The summed E-state index contributed by atoms with van der Waals surface area (Å²) in [6.07, 6.45) is 10.0. The summed E-state index contributed by atoms with van der Waals surface area (Å²) in [4.78, 5) is 22.6. The van der Waals surface area contributed by atoms with E-state index in [0.29, 0.717) is 5.57 Å². The third kappa shape index (κ3) is 11.4. The van der Waals surface area contributed by atoms with Crippen molar-refractivity contribution >= 4 is 20.0 Å². The van der Waals surface area contributed by atoms with Crippen LogP contribution >= 0.6 is 0 Å². The monoisotopic (exact) mass is 355 g/mol. The van der Waals surface area contributed by atoms with Gasteiger partial charge in [0, 0.05) is 12.1 Å². The van der Waals surface area contributed by atoms with Gasteiger partial charge < -0.3 is 10.4 Å². The van der Waals surface area contributed by atoms with E-state index in [0.717, 1.165) is 38.6 Å². The van der Waals surface area contributed by atoms with Crippen molar-refractivity contribution in [2.24, 2.45) is 0 Å². The zero-order valence-electron chi connectivity index (χ0n) is 16.1. The quantitative estimate of drug-likeness (QED) is 0.262. The molecule has 0 heterocycles. The van der Waals surface area contributed by atoms with Gasteiger partial charge in [-0.1, -0.05) is 71.2 Å². The van der Waals surface area contributed by atoms with Crippen LogP contribution in [0.1, 0.15) is 64.7 Å². The van der Waals surface area contributed by atoms with Crippen molar-refractivity contribution in [1.82, 2.24) is 5.32 Å². The maximum absolute atomic E-state index is 11.3. The molecule has 0 saturated carbocycles. The van der Waals surface area contributed by atoms with E-state index in [1.54, 1.807) is 6.92 Å². The van der Waals surface area contributed by atoms with Crippen LogP contribution in [0.4, 0.5) is 0 Å². The van der Waals surface area contributed by atoms with Crippen molar-refractivity contribution in [3.05, 3.63) is 12.2 Å². The minimum Gasteiger partial charge on any atom is -0.481 e. The minimum absolute atomic E-state index is 0.0482.